The van der Waals surface area contributed by atoms with Crippen LogP contribution >= 0.6 is 0 Å². The lowest BCUT2D eigenvalue weighted by atomic mass is 10.1. The summed E-state index contributed by atoms with van der Waals surface area (Å²) in [5, 5.41) is 0. The highest BCUT2D eigenvalue weighted by molar-refractivity contribution is 5.80. The Hall–Kier alpha value is -1.61. The highest BCUT2D eigenvalue weighted by Crippen LogP contribution is 2.19. The summed E-state index contributed by atoms with van der Waals surface area (Å²) in [7, 11) is 0. The smallest absolute Gasteiger partial charge is 0.144 e. The first-order valence-electron chi connectivity index (χ1n) is 5.45. The van der Waals surface area contributed by atoms with Gasteiger partial charge in [-0.05, 0) is 5.56 Å². The van der Waals surface area contributed by atoms with E-state index in [0.717, 1.165) is 43.8 Å². The van der Waals surface area contributed by atoms with Crippen LogP contribution in [0.15, 0.2) is 36.4 Å². The van der Waals surface area contributed by atoms with E-state index in [0.29, 0.717) is 0 Å². The van der Waals surface area contributed by atoms with E-state index in [1.54, 1.807) is 6.08 Å². The Kier molecular flexibility index (Phi) is 3.72. The zero-order valence-electron chi connectivity index (χ0n) is 9.13. The number of ether oxygens (including phenoxy) is 1. The highest BCUT2D eigenvalue weighted by Gasteiger charge is 2.14. The van der Waals surface area contributed by atoms with E-state index in [1.165, 1.54) is 0 Å². The lowest BCUT2D eigenvalue weighted by molar-refractivity contribution is -0.104. The van der Waals surface area contributed by atoms with E-state index in [4.69, 9.17) is 4.74 Å². The van der Waals surface area contributed by atoms with Crippen LogP contribution in [-0.2, 0) is 9.53 Å². The molecule has 0 N–H and O–H groups in total. The molecule has 0 bridgehead atoms. The Bertz CT molecular complexity index is 367. The number of benzene rings is 1. The number of hydrogen-bond donors (Lipinski definition) is 0. The van der Waals surface area contributed by atoms with Crippen LogP contribution in [-0.4, -0.2) is 37.5 Å². The van der Waals surface area contributed by atoms with Crippen molar-refractivity contribution < 1.29 is 9.53 Å². The molecule has 0 saturated carbocycles. The summed E-state index contributed by atoms with van der Waals surface area (Å²) < 4.78 is 5.31. The van der Waals surface area contributed by atoms with E-state index in [-0.39, 0.29) is 0 Å². The summed E-state index contributed by atoms with van der Waals surface area (Å²) in [6.07, 6.45) is 2.47. The van der Waals surface area contributed by atoms with Crippen LogP contribution in [0.1, 0.15) is 5.56 Å². The number of aldehydes is 1. The number of allylic oxidation sites excluding steroid dienone is 1. The Morgan fingerprint density at radius 2 is 1.88 bits per heavy atom. The monoisotopic (exact) mass is 217 g/mol. The molecule has 1 aliphatic heterocycles. The predicted octanol–water partition coefficient (Wildman–Crippen LogP) is 1.56. The van der Waals surface area contributed by atoms with Gasteiger partial charge in [-0.1, -0.05) is 30.3 Å². The zero-order valence-corrected chi connectivity index (χ0v) is 9.13. The van der Waals surface area contributed by atoms with Gasteiger partial charge in [-0.25, -0.2) is 0 Å². The quantitative estimate of drug-likeness (QED) is 0.568. The van der Waals surface area contributed by atoms with Crippen molar-refractivity contribution in [2.24, 2.45) is 0 Å². The van der Waals surface area contributed by atoms with Crippen molar-refractivity contribution in [1.82, 2.24) is 4.90 Å². The Labute approximate surface area is 95.3 Å². The van der Waals surface area contributed by atoms with E-state index < -0.39 is 0 Å². The maximum Gasteiger partial charge on any atom is 0.144 e. The average molecular weight is 217 g/mol. The zero-order chi connectivity index (χ0) is 11.2. The molecule has 1 aliphatic rings. The molecular formula is C13H15NO2. The van der Waals surface area contributed by atoms with Crippen LogP contribution in [0, 0.1) is 0 Å². The predicted molar refractivity (Wildman–Crippen MR) is 62.9 cm³/mol. The van der Waals surface area contributed by atoms with Gasteiger partial charge in [0.1, 0.15) is 6.29 Å². The first kappa shape index (κ1) is 10.9. The first-order valence-corrected chi connectivity index (χ1v) is 5.45. The Morgan fingerprint density at radius 3 is 2.50 bits per heavy atom. The van der Waals surface area contributed by atoms with Gasteiger partial charge in [0, 0.05) is 24.9 Å². The molecule has 0 aromatic heterocycles. The van der Waals surface area contributed by atoms with Crippen molar-refractivity contribution >= 4 is 12.0 Å². The fourth-order valence-corrected chi connectivity index (χ4v) is 1.86. The molecule has 0 atom stereocenters. The summed E-state index contributed by atoms with van der Waals surface area (Å²) >= 11 is 0. The second-order valence-electron chi connectivity index (χ2n) is 3.65. The SMILES string of the molecule is O=CC=C(c1ccccc1)N1CCOCC1. The van der Waals surface area contributed by atoms with Crippen LogP contribution in [0.25, 0.3) is 5.70 Å². The number of morpholine rings is 1. The summed E-state index contributed by atoms with van der Waals surface area (Å²) in [6, 6.07) is 9.97. The molecule has 0 radical (unpaired) electrons. The number of nitrogens with zero attached hydrogens (tertiary/aromatic N) is 1. The molecule has 1 saturated heterocycles. The molecule has 0 spiro atoms. The molecule has 0 aliphatic carbocycles. The van der Waals surface area contributed by atoms with Crippen LogP contribution in [0.5, 0.6) is 0 Å². The highest BCUT2D eigenvalue weighted by atomic mass is 16.5. The second-order valence-corrected chi connectivity index (χ2v) is 3.65. The summed E-state index contributed by atoms with van der Waals surface area (Å²) in [5.74, 6) is 0. The van der Waals surface area contributed by atoms with Gasteiger partial charge in [-0.2, -0.15) is 0 Å². The maximum absolute atomic E-state index is 10.7. The molecule has 3 nitrogen and oxygen atoms in total. The van der Waals surface area contributed by atoms with Gasteiger partial charge in [0.15, 0.2) is 0 Å². The van der Waals surface area contributed by atoms with Crippen LogP contribution < -0.4 is 0 Å². The summed E-state index contributed by atoms with van der Waals surface area (Å²) in [4.78, 5) is 12.9. The molecule has 84 valence electrons. The molecule has 0 unspecified atom stereocenters. The minimum absolute atomic E-state index is 0.725. The van der Waals surface area contributed by atoms with Crippen molar-refractivity contribution in [3.05, 3.63) is 42.0 Å². The third kappa shape index (κ3) is 2.49. The van der Waals surface area contributed by atoms with Crippen molar-refractivity contribution in [3.63, 3.8) is 0 Å². The van der Waals surface area contributed by atoms with Crippen LogP contribution in [0.3, 0.4) is 0 Å². The van der Waals surface area contributed by atoms with Gasteiger partial charge in [0.2, 0.25) is 0 Å². The third-order valence-electron chi connectivity index (χ3n) is 2.65. The minimum Gasteiger partial charge on any atom is -0.378 e. The standard InChI is InChI=1S/C13H15NO2/c15-9-6-13(12-4-2-1-3-5-12)14-7-10-16-11-8-14/h1-6,9H,7-8,10-11H2. The summed E-state index contributed by atoms with van der Waals surface area (Å²) in [5.41, 5.74) is 2.07. The van der Waals surface area contributed by atoms with Gasteiger partial charge >= 0.3 is 0 Å². The third-order valence-corrected chi connectivity index (χ3v) is 2.65. The lowest BCUT2D eigenvalue weighted by Gasteiger charge is -2.31. The van der Waals surface area contributed by atoms with Crippen LogP contribution in [0.2, 0.25) is 0 Å². The molecule has 1 aromatic carbocycles. The lowest BCUT2D eigenvalue weighted by Crippen LogP contribution is -2.35. The number of rotatable bonds is 3. The van der Waals surface area contributed by atoms with Crippen molar-refractivity contribution in [2.75, 3.05) is 26.3 Å². The second kappa shape index (κ2) is 5.47. The molecule has 16 heavy (non-hydrogen) atoms. The van der Waals surface area contributed by atoms with E-state index >= 15 is 0 Å². The normalized spacial score (nSPS) is 17.2. The van der Waals surface area contributed by atoms with Gasteiger partial charge in [-0.3, -0.25) is 4.79 Å². The Balaban J connectivity index is 2.23. The number of carbonyl (C=O) groups is 1. The first-order chi connectivity index (χ1) is 7.92. The molecule has 0 amide bonds. The molecule has 3 heteroatoms. The fraction of sp³-hybridized carbons (Fsp3) is 0.308. The Morgan fingerprint density at radius 1 is 1.19 bits per heavy atom. The van der Waals surface area contributed by atoms with E-state index in [9.17, 15) is 4.79 Å². The maximum atomic E-state index is 10.7. The minimum atomic E-state index is 0.725. The molecule has 1 fully saturated rings. The van der Waals surface area contributed by atoms with E-state index in [1.807, 2.05) is 30.3 Å². The van der Waals surface area contributed by atoms with Gasteiger partial charge in [0.05, 0.1) is 13.2 Å². The van der Waals surface area contributed by atoms with Crippen molar-refractivity contribution in [2.45, 2.75) is 0 Å². The van der Waals surface area contributed by atoms with Gasteiger partial charge < -0.3 is 9.64 Å². The van der Waals surface area contributed by atoms with Gasteiger partial charge in [0.25, 0.3) is 0 Å². The van der Waals surface area contributed by atoms with Crippen molar-refractivity contribution in [3.8, 4) is 0 Å². The van der Waals surface area contributed by atoms with E-state index in [2.05, 4.69) is 4.90 Å². The van der Waals surface area contributed by atoms with Crippen LogP contribution in [0.4, 0.5) is 0 Å². The number of hydrogen-bond acceptors (Lipinski definition) is 3. The fourth-order valence-electron chi connectivity index (χ4n) is 1.86. The molecular weight excluding hydrogens is 202 g/mol. The topological polar surface area (TPSA) is 29.5 Å². The number of carbonyl (C=O) groups excluding carboxylic acids is 1. The summed E-state index contributed by atoms with van der Waals surface area (Å²) in [6.45, 7) is 3.13. The van der Waals surface area contributed by atoms with Gasteiger partial charge in [-0.15, -0.1) is 0 Å². The average Bonchev–Trinajstić information content (AvgIpc) is 2.38. The largest absolute Gasteiger partial charge is 0.378 e. The molecule has 1 heterocycles. The molecule has 1 aromatic rings. The molecule has 2 rings (SSSR count). The van der Waals surface area contributed by atoms with Crippen molar-refractivity contribution in [1.29, 1.82) is 0 Å².